The van der Waals surface area contributed by atoms with Gasteiger partial charge in [0.15, 0.2) is 0 Å². The number of piperidine rings is 1. The normalized spacial score (nSPS) is 23.0. The number of fused-ring (bicyclic) bond motifs is 2. The van der Waals surface area contributed by atoms with Crippen LogP contribution in [0.1, 0.15) is 40.5 Å². The van der Waals surface area contributed by atoms with E-state index in [2.05, 4.69) is 15.1 Å². The van der Waals surface area contributed by atoms with E-state index in [1.54, 1.807) is 27.7 Å². The first-order valence-corrected chi connectivity index (χ1v) is 10.3. The van der Waals surface area contributed by atoms with Gasteiger partial charge in [0, 0.05) is 6.54 Å². The number of carbonyl (C=O) groups excluding carboxylic acids is 3. The lowest BCUT2D eigenvalue weighted by Crippen LogP contribution is -2.50. The number of hydrogen-bond donors (Lipinski definition) is 3. The molecule has 0 unspecified atom stereocenters. The predicted octanol–water partition coefficient (Wildman–Crippen LogP) is -0.0496. The van der Waals surface area contributed by atoms with Crippen molar-refractivity contribution in [1.29, 1.82) is 0 Å². The molecule has 0 saturated carbocycles. The number of ether oxygens (including phenoxy) is 1. The Bertz CT molecular complexity index is 751. The van der Waals surface area contributed by atoms with Gasteiger partial charge in [-0.05, 0) is 40.5 Å². The number of nitrogens with one attached hydrogen (secondary N) is 2. The van der Waals surface area contributed by atoms with Crippen molar-refractivity contribution in [2.75, 3.05) is 13.2 Å². The summed E-state index contributed by atoms with van der Waals surface area (Å²) in [6.45, 7) is 6.85. The number of alkyl carbamates (subject to hydrolysis) is 1. The van der Waals surface area contributed by atoms with Gasteiger partial charge < -0.3 is 15.0 Å². The molecule has 29 heavy (non-hydrogen) atoms. The van der Waals surface area contributed by atoms with Gasteiger partial charge in [0.1, 0.15) is 11.6 Å². The largest absolute Gasteiger partial charge is 0.444 e. The summed E-state index contributed by atoms with van der Waals surface area (Å²) in [5.41, 5.74) is 1.57. The van der Waals surface area contributed by atoms with E-state index in [0.29, 0.717) is 11.5 Å². The molecule has 2 fully saturated rings. The van der Waals surface area contributed by atoms with Gasteiger partial charge in [-0.1, -0.05) is 0 Å². The molecule has 0 aromatic carbocycles. The summed E-state index contributed by atoms with van der Waals surface area (Å²) in [5, 5.41) is 3.10. The van der Waals surface area contributed by atoms with Crippen LogP contribution in [0.3, 0.4) is 0 Å². The summed E-state index contributed by atoms with van der Waals surface area (Å²) in [7, 11) is -4.85. The maximum Gasteiger partial charge on any atom is 0.418 e. The minimum atomic E-state index is -4.85. The Morgan fingerprint density at radius 1 is 1.31 bits per heavy atom. The first-order chi connectivity index (χ1) is 13.3. The Morgan fingerprint density at radius 3 is 2.55 bits per heavy atom. The lowest BCUT2D eigenvalue weighted by atomic mass is 10.0. The molecule has 0 aliphatic carbocycles. The topological polar surface area (TPSA) is 164 Å². The van der Waals surface area contributed by atoms with Gasteiger partial charge in [0.05, 0.1) is 18.7 Å². The van der Waals surface area contributed by atoms with Crippen LogP contribution in [0.25, 0.3) is 0 Å². The number of urea groups is 1. The number of hydroxylamine groups is 3. The standard InChI is InChI=1S/C15H26N4O9S/c1-9(16-13(21)27-15(2,3)4)8-26-17-12(20)11-6-5-10-7-18(11)14(22)19(10)28-29(23,24)25/h9-11H,5-8H2,1-4H3,(H,16,21)(H,17,20)(H,23,24,25)/t9-,10-,11+/m1/s1. The summed E-state index contributed by atoms with van der Waals surface area (Å²) in [6, 6.07) is -2.78. The molecule has 2 heterocycles. The molecule has 2 bridgehead atoms. The van der Waals surface area contributed by atoms with E-state index in [1.807, 2.05) is 0 Å². The zero-order chi connectivity index (χ0) is 22.0. The van der Waals surface area contributed by atoms with Crippen LogP contribution >= 0.6 is 0 Å². The average Bonchev–Trinajstić information content (AvgIpc) is 2.76. The van der Waals surface area contributed by atoms with Gasteiger partial charge in [-0.3, -0.25) is 14.2 Å². The van der Waals surface area contributed by atoms with Gasteiger partial charge in [-0.25, -0.2) is 15.1 Å². The number of amides is 4. The lowest BCUT2D eigenvalue weighted by Gasteiger charge is -2.29. The molecule has 14 heteroatoms. The number of hydrogen-bond acceptors (Lipinski definition) is 8. The van der Waals surface area contributed by atoms with Crippen molar-refractivity contribution in [2.24, 2.45) is 0 Å². The average molecular weight is 438 g/mol. The monoisotopic (exact) mass is 438 g/mol. The zero-order valence-corrected chi connectivity index (χ0v) is 17.4. The van der Waals surface area contributed by atoms with E-state index in [-0.39, 0.29) is 19.6 Å². The highest BCUT2D eigenvalue weighted by Crippen LogP contribution is 2.30. The number of rotatable bonds is 7. The molecule has 0 aromatic heterocycles. The summed E-state index contributed by atoms with van der Waals surface area (Å²) in [6.07, 6.45) is -0.0745. The highest BCUT2D eigenvalue weighted by atomic mass is 32.3. The second-order valence-corrected chi connectivity index (χ2v) is 8.84. The van der Waals surface area contributed by atoms with E-state index in [4.69, 9.17) is 14.1 Å². The van der Waals surface area contributed by atoms with Crippen molar-refractivity contribution >= 4 is 28.4 Å². The molecule has 4 amide bonds. The lowest BCUT2D eigenvalue weighted by molar-refractivity contribution is -0.139. The number of nitrogens with zero attached hydrogens (tertiary/aromatic N) is 2. The highest BCUT2D eigenvalue weighted by molar-refractivity contribution is 7.80. The van der Waals surface area contributed by atoms with Crippen molar-refractivity contribution in [3.8, 4) is 0 Å². The van der Waals surface area contributed by atoms with E-state index in [1.165, 1.54) is 0 Å². The summed E-state index contributed by atoms with van der Waals surface area (Å²) < 4.78 is 39.9. The van der Waals surface area contributed by atoms with Crippen molar-refractivity contribution in [1.82, 2.24) is 20.8 Å². The fourth-order valence-corrected chi connectivity index (χ4v) is 3.35. The zero-order valence-electron chi connectivity index (χ0n) is 16.6. The van der Waals surface area contributed by atoms with Crippen LogP contribution in [0, 0.1) is 0 Å². The molecule has 0 aromatic rings. The van der Waals surface area contributed by atoms with E-state index < -0.39 is 52.2 Å². The SMILES string of the molecule is C[C@H](CONC(=O)[C@@H]1CC[C@@H]2CN1C(=O)N2OS(=O)(=O)O)NC(=O)OC(C)(C)C. The van der Waals surface area contributed by atoms with Gasteiger partial charge >= 0.3 is 22.5 Å². The molecule has 2 saturated heterocycles. The van der Waals surface area contributed by atoms with Crippen molar-refractivity contribution in [2.45, 2.75) is 64.3 Å². The minimum absolute atomic E-state index is 0.0493. The molecule has 2 rings (SSSR count). The van der Waals surface area contributed by atoms with Crippen LogP contribution in [0.4, 0.5) is 9.59 Å². The maximum absolute atomic E-state index is 12.3. The van der Waals surface area contributed by atoms with Crippen LogP contribution in [0.15, 0.2) is 0 Å². The fourth-order valence-electron chi connectivity index (χ4n) is 2.96. The van der Waals surface area contributed by atoms with Gasteiger partial charge in [-0.2, -0.15) is 13.5 Å². The minimum Gasteiger partial charge on any atom is -0.444 e. The predicted molar refractivity (Wildman–Crippen MR) is 96.3 cm³/mol. The van der Waals surface area contributed by atoms with Gasteiger partial charge in [-0.15, -0.1) is 4.28 Å². The molecular weight excluding hydrogens is 412 g/mol. The van der Waals surface area contributed by atoms with Crippen LogP contribution in [-0.2, 0) is 29.1 Å². The molecule has 0 radical (unpaired) electrons. The van der Waals surface area contributed by atoms with Crippen LogP contribution in [0.2, 0.25) is 0 Å². The smallest absolute Gasteiger partial charge is 0.418 e. The third kappa shape index (κ3) is 6.69. The van der Waals surface area contributed by atoms with Gasteiger partial charge in [0.25, 0.3) is 5.91 Å². The van der Waals surface area contributed by atoms with Crippen LogP contribution < -0.4 is 10.8 Å². The van der Waals surface area contributed by atoms with Crippen molar-refractivity contribution in [3.05, 3.63) is 0 Å². The Balaban J connectivity index is 1.80. The maximum atomic E-state index is 12.3. The molecule has 166 valence electrons. The molecule has 3 atom stereocenters. The summed E-state index contributed by atoms with van der Waals surface area (Å²) in [4.78, 5) is 42.5. The molecule has 0 spiro atoms. The third-order valence-corrected chi connectivity index (χ3v) is 4.42. The quantitative estimate of drug-likeness (QED) is 0.365. The number of carbonyl (C=O) groups is 3. The van der Waals surface area contributed by atoms with Crippen LogP contribution in [-0.4, -0.2) is 77.8 Å². The highest BCUT2D eigenvalue weighted by Gasteiger charge is 2.49. The van der Waals surface area contributed by atoms with Crippen LogP contribution in [0.5, 0.6) is 0 Å². The molecular formula is C15H26N4O9S. The van der Waals surface area contributed by atoms with Crippen molar-refractivity contribution < 1.29 is 41.2 Å². The molecule has 2 aliphatic heterocycles. The summed E-state index contributed by atoms with van der Waals surface area (Å²) in [5.74, 6) is -0.602. The van der Waals surface area contributed by atoms with E-state index in [9.17, 15) is 22.8 Å². The van der Waals surface area contributed by atoms with E-state index >= 15 is 0 Å². The second kappa shape index (κ2) is 8.69. The second-order valence-electron chi connectivity index (χ2n) is 7.83. The third-order valence-electron chi connectivity index (χ3n) is 4.07. The molecule has 13 nitrogen and oxygen atoms in total. The van der Waals surface area contributed by atoms with Gasteiger partial charge in [0.2, 0.25) is 0 Å². The Hall–Kier alpha value is -2.16. The summed E-state index contributed by atoms with van der Waals surface area (Å²) >= 11 is 0. The Labute approximate surface area is 168 Å². The molecule has 2 aliphatic rings. The van der Waals surface area contributed by atoms with Crippen molar-refractivity contribution in [3.63, 3.8) is 0 Å². The molecule has 3 N–H and O–H groups in total. The van der Waals surface area contributed by atoms with E-state index in [0.717, 1.165) is 4.90 Å². The first-order valence-electron chi connectivity index (χ1n) is 8.95. The Morgan fingerprint density at radius 2 is 1.97 bits per heavy atom. The first kappa shape index (κ1) is 23.1. The fraction of sp³-hybridized carbons (Fsp3) is 0.800. The Kier molecular flexibility index (Phi) is 6.93.